The van der Waals surface area contributed by atoms with E-state index in [1.54, 1.807) is 24.3 Å². The highest BCUT2D eigenvalue weighted by Crippen LogP contribution is 2.21. The number of benzene rings is 2. The van der Waals surface area contributed by atoms with Crippen LogP contribution in [-0.4, -0.2) is 33.7 Å². The van der Waals surface area contributed by atoms with Crippen molar-refractivity contribution < 1.29 is 14.3 Å². The Morgan fingerprint density at radius 2 is 1.73 bits per heavy atom. The second-order valence-corrected chi connectivity index (χ2v) is 8.12. The van der Waals surface area contributed by atoms with Crippen LogP contribution in [0.1, 0.15) is 50.5 Å². The van der Waals surface area contributed by atoms with E-state index in [9.17, 15) is 9.59 Å². The minimum atomic E-state index is -0.400. The number of carbonyl (C=O) groups is 2. The summed E-state index contributed by atoms with van der Waals surface area (Å²) in [6.07, 6.45) is 4.64. The summed E-state index contributed by atoms with van der Waals surface area (Å²) >= 11 is 5.12. The third-order valence-corrected chi connectivity index (χ3v) is 5.61. The molecule has 0 bridgehead atoms. The molecule has 0 unspecified atom stereocenters. The lowest BCUT2D eigenvalue weighted by Gasteiger charge is -2.13. The monoisotopic (exact) mass is 463 g/mol. The van der Waals surface area contributed by atoms with Crippen LogP contribution in [0.15, 0.2) is 54.6 Å². The predicted molar refractivity (Wildman–Crippen MR) is 128 cm³/mol. The summed E-state index contributed by atoms with van der Waals surface area (Å²) in [5.74, 6) is -0.115. The normalized spacial score (nSPS) is 12.4. The molecule has 0 saturated carbocycles. The van der Waals surface area contributed by atoms with Gasteiger partial charge in [-0.3, -0.25) is 30.9 Å². The molecule has 0 atom stereocenters. The molecule has 1 aromatic heterocycles. The number of amides is 2. The Morgan fingerprint density at radius 1 is 0.970 bits per heavy atom. The Morgan fingerprint density at radius 3 is 2.52 bits per heavy atom. The molecule has 3 aromatic rings. The van der Waals surface area contributed by atoms with Crippen LogP contribution < -0.4 is 20.9 Å². The summed E-state index contributed by atoms with van der Waals surface area (Å²) in [6, 6.07) is 16.9. The third kappa shape index (κ3) is 5.95. The number of hydrogen-bond donors (Lipinski definition) is 4. The molecular weight excluding hydrogens is 438 g/mol. The topological polar surface area (TPSA) is 108 Å². The van der Waals surface area contributed by atoms with Crippen LogP contribution in [0, 0.1) is 0 Å². The predicted octanol–water partition coefficient (Wildman–Crippen LogP) is 2.86. The summed E-state index contributed by atoms with van der Waals surface area (Å²) in [6.45, 7) is 0.544. The SMILES string of the molecule is O=C(NC(=S)NNC(=O)c1n[nH]c2c1CCCC2)c1ccc(OCCc2ccccc2)cc1. The van der Waals surface area contributed by atoms with Crippen molar-refractivity contribution in [3.05, 3.63) is 82.7 Å². The molecule has 9 heteroatoms. The Balaban J connectivity index is 1.22. The van der Waals surface area contributed by atoms with E-state index >= 15 is 0 Å². The number of nitrogens with one attached hydrogen (secondary N) is 4. The molecule has 0 spiro atoms. The van der Waals surface area contributed by atoms with Gasteiger partial charge in [0.05, 0.1) is 6.61 Å². The number of ether oxygens (including phenoxy) is 1. The highest BCUT2D eigenvalue weighted by atomic mass is 32.1. The molecule has 4 rings (SSSR count). The first-order valence-corrected chi connectivity index (χ1v) is 11.3. The number of aryl methyl sites for hydroxylation is 1. The van der Waals surface area contributed by atoms with E-state index in [-0.39, 0.29) is 5.11 Å². The Bertz CT molecular complexity index is 1130. The van der Waals surface area contributed by atoms with Crippen LogP contribution >= 0.6 is 12.2 Å². The number of aromatic amines is 1. The Hall–Kier alpha value is -3.72. The van der Waals surface area contributed by atoms with Crippen molar-refractivity contribution in [1.82, 2.24) is 26.4 Å². The number of hydrazine groups is 1. The molecule has 1 aliphatic carbocycles. The van der Waals surface area contributed by atoms with E-state index in [1.165, 1.54) is 5.56 Å². The highest BCUT2D eigenvalue weighted by molar-refractivity contribution is 7.80. The summed E-state index contributed by atoms with van der Waals surface area (Å²) in [7, 11) is 0. The zero-order valence-electron chi connectivity index (χ0n) is 18.0. The van der Waals surface area contributed by atoms with E-state index in [0.29, 0.717) is 23.6 Å². The van der Waals surface area contributed by atoms with E-state index in [0.717, 1.165) is 43.4 Å². The number of nitrogens with zero attached hydrogens (tertiary/aromatic N) is 1. The number of carbonyl (C=O) groups excluding carboxylic acids is 2. The lowest BCUT2D eigenvalue weighted by molar-refractivity contribution is 0.0929. The number of hydrogen-bond acceptors (Lipinski definition) is 5. The van der Waals surface area contributed by atoms with E-state index < -0.39 is 11.8 Å². The number of H-pyrrole nitrogens is 1. The molecule has 0 radical (unpaired) electrons. The molecule has 0 aliphatic heterocycles. The van der Waals surface area contributed by atoms with Crippen molar-refractivity contribution in [3.8, 4) is 5.75 Å². The van der Waals surface area contributed by atoms with Crippen molar-refractivity contribution in [2.75, 3.05) is 6.61 Å². The zero-order valence-corrected chi connectivity index (χ0v) is 18.8. The van der Waals surface area contributed by atoms with Crippen LogP contribution in [0.4, 0.5) is 0 Å². The van der Waals surface area contributed by atoms with Gasteiger partial charge in [-0.05, 0) is 67.7 Å². The van der Waals surface area contributed by atoms with Gasteiger partial charge in [0.15, 0.2) is 10.8 Å². The van der Waals surface area contributed by atoms with E-state index in [1.807, 2.05) is 18.2 Å². The number of fused-ring (bicyclic) bond motifs is 1. The second-order valence-electron chi connectivity index (χ2n) is 7.71. The van der Waals surface area contributed by atoms with Gasteiger partial charge in [-0.1, -0.05) is 30.3 Å². The average molecular weight is 464 g/mol. The molecule has 2 amide bonds. The van der Waals surface area contributed by atoms with Gasteiger partial charge in [0, 0.05) is 23.2 Å². The van der Waals surface area contributed by atoms with Gasteiger partial charge in [0.1, 0.15) is 5.75 Å². The lowest BCUT2D eigenvalue weighted by atomic mass is 9.96. The fraction of sp³-hybridized carbons (Fsp3) is 0.250. The molecule has 33 heavy (non-hydrogen) atoms. The van der Waals surface area contributed by atoms with Gasteiger partial charge in [0.25, 0.3) is 11.8 Å². The van der Waals surface area contributed by atoms with Gasteiger partial charge in [-0.15, -0.1) is 0 Å². The maximum atomic E-state index is 12.4. The smallest absolute Gasteiger partial charge is 0.290 e. The minimum Gasteiger partial charge on any atom is -0.493 e. The van der Waals surface area contributed by atoms with Gasteiger partial charge < -0.3 is 4.74 Å². The fourth-order valence-electron chi connectivity index (χ4n) is 3.68. The fourth-order valence-corrected chi connectivity index (χ4v) is 3.83. The molecule has 4 N–H and O–H groups in total. The summed E-state index contributed by atoms with van der Waals surface area (Å²) in [5, 5.41) is 9.56. The van der Waals surface area contributed by atoms with Crippen LogP contribution in [0.5, 0.6) is 5.75 Å². The van der Waals surface area contributed by atoms with Crippen LogP contribution in [0.2, 0.25) is 0 Å². The number of aromatic nitrogens is 2. The molecule has 2 aromatic carbocycles. The average Bonchev–Trinajstić information content (AvgIpc) is 3.28. The molecule has 0 saturated heterocycles. The zero-order chi connectivity index (χ0) is 23.0. The summed E-state index contributed by atoms with van der Waals surface area (Å²) in [4.78, 5) is 24.8. The van der Waals surface area contributed by atoms with Crippen LogP contribution in [-0.2, 0) is 19.3 Å². The minimum absolute atomic E-state index is 0.0130. The molecule has 1 heterocycles. The Labute approximate surface area is 197 Å². The van der Waals surface area contributed by atoms with Gasteiger partial charge in [-0.25, -0.2) is 0 Å². The van der Waals surface area contributed by atoms with Crippen molar-refractivity contribution in [1.29, 1.82) is 0 Å². The van der Waals surface area contributed by atoms with Crippen molar-refractivity contribution in [3.63, 3.8) is 0 Å². The summed E-state index contributed by atoms with van der Waals surface area (Å²) in [5.41, 5.74) is 8.98. The van der Waals surface area contributed by atoms with Gasteiger partial charge in [-0.2, -0.15) is 5.10 Å². The Kier molecular flexibility index (Phi) is 7.31. The molecular formula is C24H25N5O3S. The quantitative estimate of drug-likeness (QED) is 0.331. The summed E-state index contributed by atoms with van der Waals surface area (Å²) < 4.78 is 5.74. The molecule has 0 fully saturated rings. The maximum absolute atomic E-state index is 12.4. The largest absolute Gasteiger partial charge is 0.493 e. The van der Waals surface area contributed by atoms with Crippen LogP contribution in [0.3, 0.4) is 0 Å². The van der Waals surface area contributed by atoms with E-state index in [2.05, 4.69) is 38.5 Å². The van der Waals surface area contributed by atoms with Crippen molar-refractivity contribution in [2.45, 2.75) is 32.1 Å². The van der Waals surface area contributed by atoms with Gasteiger partial charge >= 0.3 is 0 Å². The second kappa shape index (κ2) is 10.7. The first-order valence-electron chi connectivity index (χ1n) is 10.8. The first kappa shape index (κ1) is 22.5. The first-order chi connectivity index (χ1) is 16.1. The highest BCUT2D eigenvalue weighted by Gasteiger charge is 2.21. The molecule has 8 nitrogen and oxygen atoms in total. The van der Waals surface area contributed by atoms with E-state index in [4.69, 9.17) is 17.0 Å². The third-order valence-electron chi connectivity index (χ3n) is 5.41. The standard InChI is InChI=1S/C24H25N5O3S/c30-22(17-10-12-18(13-11-17)32-15-14-16-6-2-1-3-7-16)25-24(33)29-28-23(31)21-19-8-4-5-9-20(19)26-27-21/h1-3,6-7,10-13H,4-5,8-9,14-15H2,(H,26,27)(H,28,31)(H2,25,29,30,33). The number of rotatable bonds is 6. The maximum Gasteiger partial charge on any atom is 0.290 e. The van der Waals surface area contributed by atoms with Crippen molar-refractivity contribution in [2.24, 2.45) is 0 Å². The number of thiocarbonyl (C=S) groups is 1. The lowest BCUT2D eigenvalue weighted by Crippen LogP contribution is -2.48. The van der Waals surface area contributed by atoms with Crippen molar-refractivity contribution >= 4 is 29.1 Å². The van der Waals surface area contributed by atoms with Gasteiger partial charge in [0.2, 0.25) is 0 Å². The molecule has 170 valence electrons. The molecule has 1 aliphatic rings. The van der Waals surface area contributed by atoms with Crippen LogP contribution in [0.25, 0.3) is 0 Å².